The second-order valence-corrected chi connectivity index (χ2v) is 4.29. The van der Waals surface area contributed by atoms with Crippen molar-refractivity contribution in [1.29, 1.82) is 0 Å². The van der Waals surface area contributed by atoms with Crippen LogP contribution in [0.5, 0.6) is 0 Å². The van der Waals surface area contributed by atoms with Crippen molar-refractivity contribution < 1.29 is 14.6 Å². The molecular formula is C13H18O3. The van der Waals surface area contributed by atoms with E-state index in [-0.39, 0.29) is 12.2 Å². The van der Waals surface area contributed by atoms with Gasteiger partial charge in [-0.05, 0) is 18.9 Å². The molecule has 0 saturated carbocycles. The summed E-state index contributed by atoms with van der Waals surface area (Å²) >= 11 is 0. The zero-order valence-electron chi connectivity index (χ0n) is 9.50. The topological polar surface area (TPSA) is 38.7 Å². The lowest BCUT2D eigenvalue weighted by Gasteiger charge is -2.30. The van der Waals surface area contributed by atoms with E-state index in [1.165, 1.54) is 0 Å². The van der Waals surface area contributed by atoms with Crippen molar-refractivity contribution in [3.8, 4) is 0 Å². The molecular weight excluding hydrogens is 204 g/mol. The average Bonchev–Trinajstić information content (AvgIpc) is 2.27. The van der Waals surface area contributed by atoms with E-state index in [1.54, 1.807) is 0 Å². The van der Waals surface area contributed by atoms with Crippen molar-refractivity contribution in [2.24, 2.45) is 0 Å². The monoisotopic (exact) mass is 222 g/mol. The zero-order valence-corrected chi connectivity index (χ0v) is 9.50. The van der Waals surface area contributed by atoms with Crippen LogP contribution < -0.4 is 0 Å². The van der Waals surface area contributed by atoms with Crippen molar-refractivity contribution in [2.75, 3.05) is 0 Å². The number of benzene rings is 1. The summed E-state index contributed by atoms with van der Waals surface area (Å²) in [6.07, 6.45) is 0.911. The van der Waals surface area contributed by atoms with Gasteiger partial charge in [-0.2, -0.15) is 0 Å². The lowest BCUT2D eigenvalue weighted by atomic mass is 10.1. The summed E-state index contributed by atoms with van der Waals surface area (Å²) in [6, 6.07) is 10.1. The summed E-state index contributed by atoms with van der Waals surface area (Å²) in [5, 5.41) is 9.44. The number of ether oxygens (including phenoxy) is 2. The maximum absolute atomic E-state index is 9.44. The third-order valence-electron chi connectivity index (χ3n) is 2.78. The number of hydrogen-bond donors (Lipinski definition) is 1. The van der Waals surface area contributed by atoms with Crippen molar-refractivity contribution in [3.63, 3.8) is 0 Å². The summed E-state index contributed by atoms with van der Waals surface area (Å²) < 4.78 is 11.0. The molecule has 1 aromatic rings. The van der Waals surface area contributed by atoms with Crippen molar-refractivity contribution >= 4 is 0 Å². The highest BCUT2D eigenvalue weighted by atomic mass is 16.6. The van der Waals surface area contributed by atoms with Gasteiger partial charge in [-0.25, -0.2) is 0 Å². The fourth-order valence-electron chi connectivity index (χ4n) is 1.99. The summed E-state index contributed by atoms with van der Waals surface area (Å²) in [7, 11) is 0. The van der Waals surface area contributed by atoms with E-state index in [2.05, 4.69) is 0 Å². The largest absolute Gasteiger partial charge is 0.373 e. The third kappa shape index (κ3) is 3.30. The molecule has 3 nitrogen and oxygen atoms in total. The Balaban J connectivity index is 1.81. The summed E-state index contributed by atoms with van der Waals surface area (Å²) in [6.45, 7) is 2.56. The predicted molar refractivity (Wildman–Crippen MR) is 60.8 cm³/mol. The lowest BCUT2D eigenvalue weighted by Crippen LogP contribution is -2.35. The van der Waals surface area contributed by atoms with Gasteiger partial charge in [0.05, 0.1) is 18.8 Å². The molecule has 0 bridgehead atoms. The van der Waals surface area contributed by atoms with Crippen LogP contribution in [0, 0.1) is 0 Å². The smallest absolute Gasteiger partial charge is 0.157 e. The first-order chi connectivity index (χ1) is 7.74. The third-order valence-corrected chi connectivity index (χ3v) is 2.78. The van der Waals surface area contributed by atoms with Gasteiger partial charge in [-0.1, -0.05) is 30.3 Å². The standard InChI is InChI=1S/C13H18O3/c1-10-7-12(8-13(14)16-10)15-9-11-5-3-2-4-6-11/h2-6,10,12-14H,7-9H2,1H3/t10-,12+,13+/m1/s1. The summed E-state index contributed by atoms with van der Waals surface area (Å²) in [5.41, 5.74) is 1.16. The van der Waals surface area contributed by atoms with Crippen molar-refractivity contribution in [2.45, 2.75) is 44.9 Å². The fourth-order valence-corrected chi connectivity index (χ4v) is 1.99. The molecule has 1 saturated heterocycles. The molecule has 1 aromatic carbocycles. The van der Waals surface area contributed by atoms with E-state index < -0.39 is 6.29 Å². The highest BCUT2D eigenvalue weighted by Gasteiger charge is 2.26. The van der Waals surface area contributed by atoms with Crippen LogP contribution in [0.3, 0.4) is 0 Å². The van der Waals surface area contributed by atoms with Crippen LogP contribution in [-0.2, 0) is 16.1 Å². The first-order valence-corrected chi connectivity index (χ1v) is 5.73. The van der Waals surface area contributed by atoms with Gasteiger partial charge in [-0.3, -0.25) is 0 Å². The lowest BCUT2D eigenvalue weighted by molar-refractivity contribution is -0.194. The molecule has 0 aliphatic carbocycles. The number of rotatable bonds is 3. The van der Waals surface area contributed by atoms with Gasteiger partial charge >= 0.3 is 0 Å². The van der Waals surface area contributed by atoms with Crippen LogP contribution in [0.15, 0.2) is 30.3 Å². The highest BCUT2D eigenvalue weighted by Crippen LogP contribution is 2.21. The van der Waals surface area contributed by atoms with E-state index in [9.17, 15) is 5.11 Å². The molecule has 1 fully saturated rings. The van der Waals surface area contributed by atoms with Gasteiger partial charge in [-0.15, -0.1) is 0 Å². The second kappa shape index (κ2) is 5.43. The van der Waals surface area contributed by atoms with Crippen LogP contribution in [-0.4, -0.2) is 23.6 Å². The SMILES string of the molecule is C[C@@H]1C[C@H](OCc2ccccc2)C[C@@H](O)O1. The van der Waals surface area contributed by atoms with Crippen LogP contribution >= 0.6 is 0 Å². The number of aliphatic hydroxyl groups is 1. The van der Waals surface area contributed by atoms with Crippen LogP contribution in [0.25, 0.3) is 0 Å². The molecule has 1 heterocycles. The van der Waals surface area contributed by atoms with E-state index in [0.29, 0.717) is 13.0 Å². The van der Waals surface area contributed by atoms with Crippen LogP contribution in [0.4, 0.5) is 0 Å². The Labute approximate surface area is 96.0 Å². The molecule has 88 valence electrons. The Morgan fingerprint density at radius 2 is 2.06 bits per heavy atom. The summed E-state index contributed by atoms with van der Waals surface area (Å²) in [4.78, 5) is 0. The van der Waals surface area contributed by atoms with Gasteiger partial charge < -0.3 is 14.6 Å². The molecule has 1 N–H and O–H groups in total. The first-order valence-electron chi connectivity index (χ1n) is 5.73. The maximum Gasteiger partial charge on any atom is 0.157 e. The molecule has 0 radical (unpaired) electrons. The Morgan fingerprint density at radius 3 is 2.75 bits per heavy atom. The molecule has 0 spiro atoms. The van der Waals surface area contributed by atoms with E-state index in [1.807, 2.05) is 37.3 Å². The minimum absolute atomic E-state index is 0.0736. The van der Waals surface area contributed by atoms with Gasteiger partial charge in [0.2, 0.25) is 0 Å². The second-order valence-electron chi connectivity index (χ2n) is 4.29. The molecule has 3 atom stereocenters. The minimum atomic E-state index is -0.676. The maximum atomic E-state index is 9.44. The van der Waals surface area contributed by atoms with Gasteiger partial charge in [0.1, 0.15) is 0 Å². The molecule has 16 heavy (non-hydrogen) atoms. The molecule has 1 aliphatic heterocycles. The van der Waals surface area contributed by atoms with Gasteiger partial charge in [0, 0.05) is 6.42 Å². The average molecular weight is 222 g/mol. The van der Waals surface area contributed by atoms with Gasteiger partial charge in [0.15, 0.2) is 6.29 Å². The van der Waals surface area contributed by atoms with Crippen molar-refractivity contribution in [1.82, 2.24) is 0 Å². The normalized spacial score (nSPS) is 30.2. The van der Waals surface area contributed by atoms with Crippen LogP contribution in [0.1, 0.15) is 25.3 Å². The van der Waals surface area contributed by atoms with E-state index >= 15 is 0 Å². The molecule has 1 aliphatic rings. The fraction of sp³-hybridized carbons (Fsp3) is 0.538. The molecule has 2 rings (SSSR count). The Morgan fingerprint density at radius 1 is 1.31 bits per heavy atom. The van der Waals surface area contributed by atoms with Gasteiger partial charge in [0.25, 0.3) is 0 Å². The Bertz CT molecular complexity index is 302. The quantitative estimate of drug-likeness (QED) is 0.851. The zero-order chi connectivity index (χ0) is 11.4. The number of aliphatic hydroxyl groups excluding tert-OH is 1. The highest BCUT2D eigenvalue weighted by molar-refractivity contribution is 5.13. The molecule has 0 unspecified atom stereocenters. The van der Waals surface area contributed by atoms with Crippen LogP contribution in [0.2, 0.25) is 0 Å². The summed E-state index contributed by atoms with van der Waals surface area (Å²) in [5.74, 6) is 0. The molecule has 0 amide bonds. The first kappa shape index (κ1) is 11.6. The predicted octanol–water partition coefficient (Wildman–Crippen LogP) is 2.09. The molecule has 3 heteroatoms. The number of hydrogen-bond acceptors (Lipinski definition) is 3. The van der Waals surface area contributed by atoms with E-state index in [0.717, 1.165) is 12.0 Å². The minimum Gasteiger partial charge on any atom is -0.373 e. The van der Waals surface area contributed by atoms with E-state index in [4.69, 9.17) is 9.47 Å². The Hall–Kier alpha value is -0.900. The molecule has 0 aromatic heterocycles. The Kier molecular flexibility index (Phi) is 3.93. The van der Waals surface area contributed by atoms with Crippen molar-refractivity contribution in [3.05, 3.63) is 35.9 Å².